The molecule has 88 valence electrons. The first-order valence-corrected chi connectivity index (χ1v) is 7.22. The van der Waals surface area contributed by atoms with E-state index in [2.05, 4.69) is 11.6 Å². The molecule has 1 aliphatic carbocycles. The Balaban J connectivity index is 1.88. The van der Waals surface area contributed by atoms with E-state index < -0.39 is 10.0 Å². The highest BCUT2D eigenvalue weighted by Gasteiger charge is 2.37. The third-order valence-electron chi connectivity index (χ3n) is 3.38. The lowest BCUT2D eigenvalue weighted by Crippen LogP contribution is -2.43. The number of hydrogen-bond acceptors (Lipinski definition) is 3. The average Bonchev–Trinajstić information content (AvgIpc) is 2.52. The van der Waals surface area contributed by atoms with Crippen molar-refractivity contribution in [2.24, 2.45) is 5.41 Å². The van der Waals surface area contributed by atoms with Crippen molar-refractivity contribution in [1.29, 1.82) is 0 Å². The third-order valence-corrected chi connectivity index (χ3v) is 5.14. The van der Waals surface area contributed by atoms with Crippen LogP contribution in [0.5, 0.6) is 0 Å². The molecule has 1 unspecified atom stereocenters. The van der Waals surface area contributed by atoms with Crippen LogP contribution in [-0.2, 0) is 14.8 Å². The Morgan fingerprint density at radius 2 is 2.20 bits per heavy atom. The predicted molar refractivity (Wildman–Crippen MR) is 58.1 cm³/mol. The van der Waals surface area contributed by atoms with Gasteiger partial charge in [0.05, 0.1) is 12.4 Å². The molecule has 2 rings (SSSR count). The maximum Gasteiger partial charge on any atom is 0.212 e. The van der Waals surface area contributed by atoms with Crippen molar-refractivity contribution in [2.75, 3.05) is 19.0 Å². The van der Waals surface area contributed by atoms with Crippen LogP contribution in [0.15, 0.2) is 0 Å². The third kappa shape index (κ3) is 2.92. The zero-order valence-electron chi connectivity index (χ0n) is 9.16. The van der Waals surface area contributed by atoms with Crippen molar-refractivity contribution in [3.8, 4) is 0 Å². The fraction of sp³-hybridized carbons (Fsp3) is 1.00. The van der Waals surface area contributed by atoms with Crippen molar-refractivity contribution in [2.45, 2.75) is 38.6 Å². The lowest BCUT2D eigenvalue weighted by atomic mass is 9.72. The molecule has 0 amide bonds. The van der Waals surface area contributed by atoms with Crippen LogP contribution in [0, 0.1) is 5.41 Å². The van der Waals surface area contributed by atoms with Crippen molar-refractivity contribution in [3.63, 3.8) is 0 Å². The van der Waals surface area contributed by atoms with Crippen molar-refractivity contribution in [1.82, 2.24) is 4.72 Å². The summed E-state index contributed by atoms with van der Waals surface area (Å²) >= 11 is 0. The van der Waals surface area contributed by atoms with Gasteiger partial charge < -0.3 is 4.74 Å². The van der Waals surface area contributed by atoms with Crippen LogP contribution >= 0.6 is 0 Å². The van der Waals surface area contributed by atoms with Gasteiger partial charge in [-0.3, -0.25) is 0 Å². The zero-order chi connectivity index (χ0) is 10.9. The second-order valence-electron chi connectivity index (χ2n) is 5.10. The van der Waals surface area contributed by atoms with Gasteiger partial charge in [0.2, 0.25) is 10.0 Å². The number of ether oxygens (including phenoxy) is 1. The van der Waals surface area contributed by atoms with Gasteiger partial charge in [-0.15, -0.1) is 0 Å². The number of rotatable bonds is 4. The quantitative estimate of drug-likeness (QED) is 0.784. The first kappa shape index (κ1) is 11.4. The van der Waals surface area contributed by atoms with Crippen molar-refractivity contribution < 1.29 is 13.2 Å². The number of hydrogen-bond donors (Lipinski definition) is 1. The summed E-state index contributed by atoms with van der Waals surface area (Å²) in [6, 6.07) is -0.00123. The minimum Gasteiger partial charge on any atom is -0.380 e. The fourth-order valence-electron chi connectivity index (χ4n) is 2.31. The van der Waals surface area contributed by atoms with Gasteiger partial charge in [0, 0.05) is 12.6 Å². The predicted octanol–water partition coefficient (Wildman–Crippen LogP) is 0.885. The molecule has 2 fully saturated rings. The van der Waals surface area contributed by atoms with E-state index >= 15 is 0 Å². The molecule has 2 aliphatic rings. The van der Waals surface area contributed by atoms with Gasteiger partial charge in [0.25, 0.3) is 0 Å². The van der Waals surface area contributed by atoms with Crippen LogP contribution in [0.4, 0.5) is 0 Å². The number of nitrogens with one attached hydrogen (secondary N) is 1. The van der Waals surface area contributed by atoms with Crippen LogP contribution in [0.2, 0.25) is 0 Å². The van der Waals surface area contributed by atoms with E-state index in [-0.39, 0.29) is 17.2 Å². The van der Waals surface area contributed by atoms with Gasteiger partial charge >= 0.3 is 0 Å². The Kier molecular flexibility index (Phi) is 3.05. The minimum atomic E-state index is -3.11. The number of sulfonamides is 1. The molecule has 1 saturated heterocycles. The molecule has 0 radical (unpaired) electrons. The Labute approximate surface area is 91.4 Å². The molecule has 1 aliphatic heterocycles. The second kappa shape index (κ2) is 4.03. The summed E-state index contributed by atoms with van der Waals surface area (Å²) in [5, 5.41) is 0. The van der Waals surface area contributed by atoms with E-state index in [1.54, 1.807) is 0 Å². The van der Waals surface area contributed by atoms with Crippen LogP contribution in [0.25, 0.3) is 0 Å². The maximum absolute atomic E-state index is 11.8. The Morgan fingerprint density at radius 3 is 2.67 bits per heavy atom. The summed E-state index contributed by atoms with van der Waals surface area (Å²) in [5.41, 5.74) is 0.0191. The van der Waals surface area contributed by atoms with Crippen LogP contribution in [0.1, 0.15) is 32.6 Å². The molecular weight excluding hydrogens is 214 g/mol. The summed E-state index contributed by atoms with van der Waals surface area (Å²) in [4.78, 5) is 0. The minimum absolute atomic E-state index is 0.00123. The molecule has 0 aromatic heterocycles. The molecule has 1 atom stereocenters. The van der Waals surface area contributed by atoms with Gasteiger partial charge in [-0.05, 0) is 24.7 Å². The van der Waals surface area contributed by atoms with Crippen LogP contribution in [-0.4, -0.2) is 33.4 Å². The summed E-state index contributed by atoms with van der Waals surface area (Å²) in [5.74, 6) is 0.274. The standard InChI is InChI=1S/C10H19NO3S/c1-10(4-2-5-10)8-15(12,13)11-9-3-6-14-7-9/h9,11H,2-8H2,1H3. The van der Waals surface area contributed by atoms with Crippen molar-refractivity contribution in [3.05, 3.63) is 0 Å². The molecule has 4 nitrogen and oxygen atoms in total. The highest BCUT2D eigenvalue weighted by molar-refractivity contribution is 7.89. The first-order chi connectivity index (χ1) is 6.99. The van der Waals surface area contributed by atoms with Gasteiger partial charge in [-0.2, -0.15) is 0 Å². The van der Waals surface area contributed by atoms with E-state index in [1.807, 2.05) is 0 Å². The van der Waals surface area contributed by atoms with Crippen molar-refractivity contribution >= 4 is 10.0 Å². The maximum atomic E-state index is 11.8. The summed E-state index contributed by atoms with van der Waals surface area (Å²) in [6.07, 6.45) is 4.04. The highest BCUT2D eigenvalue weighted by Crippen LogP contribution is 2.41. The molecule has 0 aromatic rings. The lowest BCUT2D eigenvalue weighted by Gasteiger charge is -2.38. The fourth-order valence-corrected chi connectivity index (χ4v) is 4.29. The Bertz CT molecular complexity index is 316. The van der Waals surface area contributed by atoms with Crippen LogP contribution < -0.4 is 4.72 Å². The lowest BCUT2D eigenvalue weighted by molar-refractivity contribution is 0.189. The summed E-state index contributed by atoms with van der Waals surface area (Å²) in [6.45, 7) is 3.25. The molecule has 0 bridgehead atoms. The van der Waals surface area contributed by atoms with Gasteiger partial charge in [-0.1, -0.05) is 13.3 Å². The SMILES string of the molecule is CC1(CS(=O)(=O)NC2CCOC2)CCC1. The van der Waals surface area contributed by atoms with E-state index in [9.17, 15) is 8.42 Å². The molecule has 15 heavy (non-hydrogen) atoms. The molecule has 1 heterocycles. The zero-order valence-corrected chi connectivity index (χ0v) is 9.98. The average molecular weight is 233 g/mol. The van der Waals surface area contributed by atoms with Gasteiger partial charge in [-0.25, -0.2) is 13.1 Å². The molecule has 5 heteroatoms. The van der Waals surface area contributed by atoms with Gasteiger partial charge in [0.1, 0.15) is 0 Å². The monoisotopic (exact) mass is 233 g/mol. The molecular formula is C10H19NO3S. The normalized spacial score (nSPS) is 30.1. The Morgan fingerprint density at radius 1 is 1.47 bits per heavy atom. The van der Waals surface area contributed by atoms with Crippen LogP contribution in [0.3, 0.4) is 0 Å². The topological polar surface area (TPSA) is 55.4 Å². The smallest absolute Gasteiger partial charge is 0.212 e. The molecule has 1 saturated carbocycles. The highest BCUT2D eigenvalue weighted by atomic mass is 32.2. The molecule has 1 N–H and O–H groups in total. The van der Waals surface area contributed by atoms with E-state index in [0.717, 1.165) is 19.3 Å². The summed E-state index contributed by atoms with van der Waals surface area (Å²) < 4.78 is 31.5. The first-order valence-electron chi connectivity index (χ1n) is 5.57. The molecule has 0 spiro atoms. The Hall–Kier alpha value is -0.130. The second-order valence-corrected chi connectivity index (χ2v) is 6.86. The van der Waals surface area contributed by atoms with E-state index in [1.165, 1.54) is 6.42 Å². The largest absolute Gasteiger partial charge is 0.380 e. The van der Waals surface area contributed by atoms with E-state index in [4.69, 9.17) is 4.74 Å². The van der Waals surface area contributed by atoms with Gasteiger partial charge in [0.15, 0.2) is 0 Å². The summed E-state index contributed by atoms with van der Waals surface area (Å²) in [7, 11) is -3.11. The molecule has 0 aromatic carbocycles. The van der Waals surface area contributed by atoms with E-state index in [0.29, 0.717) is 13.2 Å².